The van der Waals surface area contributed by atoms with E-state index in [9.17, 15) is 13.2 Å². The standard InChI is InChI=1S/C20H15F3N4O4S/c1-28-14-8-5-12(9-15(14)29-2)18-25-26-19(30-18)32-10-16-24-17(27-31-16)11-3-6-13(7-4-11)20(21,22)23/h3-9H,10H2,1-2H3. The highest BCUT2D eigenvalue weighted by Gasteiger charge is 2.30. The van der Waals surface area contributed by atoms with Crippen LogP contribution in [0.1, 0.15) is 11.5 Å². The van der Waals surface area contributed by atoms with Crippen LogP contribution >= 0.6 is 11.8 Å². The molecule has 0 aliphatic carbocycles. The Labute approximate surface area is 183 Å². The molecular formula is C20H15F3N4O4S. The number of aromatic nitrogens is 4. The number of nitrogens with zero attached hydrogens (tertiary/aromatic N) is 4. The summed E-state index contributed by atoms with van der Waals surface area (Å²) in [5.41, 5.74) is 0.318. The van der Waals surface area contributed by atoms with Crippen LogP contribution in [0.2, 0.25) is 0 Å². The minimum Gasteiger partial charge on any atom is -0.493 e. The topological polar surface area (TPSA) is 96.3 Å². The monoisotopic (exact) mass is 464 g/mol. The second kappa shape index (κ2) is 8.91. The molecule has 4 rings (SSSR count). The van der Waals surface area contributed by atoms with E-state index in [1.807, 2.05) is 0 Å². The predicted octanol–water partition coefficient (Wildman–Crippen LogP) is 5.11. The molecule has 0 amide bonds. The van der Waals surface area contributed by atoms with Gasteiger partial charge in [0.2, 0.25) is 17.6 Å². The maximum atomic E-state index is 12.7. The van der Waals surface area contributed by atoms with Gasteiger partial charge in [-0.3, -0.25) is 0 Å². The van der Waals surface area contributed by atoms with Gasteiger partial charge in [-0.1, -0.05) is 29.1 Å². The first-order valence-electron chi connectivity index (χ1n) is 9.06. The molecule has 4 aromatic rings. The van der Waals surface area contributed by atoms with E-state index in [1.165, 1.54) is 31.0 Å². The molecule has 0 saturated carbocycles. The Kier molecular flexibility index (Phi) is 6.04. The first-order chi connectivity index (χ1) is 15.4. The smallest absolute Gasteiger partial charge is 0.416 e. The summed E-state index contributed by atoms with van der Waals surface area (Å²) in [6.45, 7) is 0. The Morgan fingerprint density at radius 2 is 1.66 bits per heavy atom. The van der Waals surface area contributed by atoms with Crippen LogP contribution < -0.4 is 9.47 Å². The molecule has 0 unspecified atom stereocenters. The van der Waals surface area contributed by atoms with E-state index in [1.54, 1.807) is 25.3 Å². The fourth-order valence-electron chi connectivity index (χ4n) is 2.72. The first kappa shape index (κ1) is 21.7. The largest absolute Gasteiger partial charge is 0.493 e. The van der Waals surface area contributed by atoms with Crippen LogP contribution in [0, 0.1) is 0 Å². The summed E-state index contributed by atoms with van der Waals surface area (Å²) in [6.07, 6.45) is -4.41. The third-order valence-corrected chi connectivity index (χ3v) is 5.10. The molecule has 0 atom stereocenters. The van der Waals surface area contributed by atoms with Crippen LogP contribution in [0.4, 0.5) is 13.2 Å². The van der Waals surface area contributed by atoms with E-state index in [0.29, 0.717) is 28.5 Å². The molecule has 0 aliphatic heterocycles. The van der Waals surface area contributed by atoms with Gasteiger partial charge in [0.15, 0.2) is 11.5 Å². The molecular weight excluding hydrogens is 449 g/mol. The molecule has 12 heteroatoms. The Hall–Kier alpha value is -3.54. The van der Waals surface area contributed by atoms with Gasteiger partial charge in [-0.2, -0.15) is 18.2 Å². The summed E-state index contributed by atoms with van der Waals surface area (Å²) < 4.78 is 59.3. The van der Waals surface area contributed by atoms with Crippen LogP contribution in [-0.4, -0.2) is 34.6 Å². The zero-order chi connectivity index (χ0) is 22.7. The van der Waals surface area contributed by atoms with Crippen molar-refractivity contribution in [2.24, 2.45) is 0 Å². The average molecular weight is 464 g/mol. The van der Waals surface area contributed by atoms with Gasteiger partial charge in [-0.05, 0) is 30.3 Å². The molecule has 0 N–H and O–H groups in total. The highest BCUT2D eigenvalue weighted by molar-refractivity contribution is 7.98. The molecule has 2 heterocycles. The fourth-order valence-corrected chi connectivity index (χ4v) is 3.32. The lowest BCUT2D eigenvalue weighted by Crippen LogP contribution is -2.04. The number of benzene rings is 2. The quantitative estimate of drug-likeness (QED) is 0.346. The van der Waals surface area contributed by atoms with Gasteiger partial charge in [0, 0.05) is 11.1 Å². The van der Waals surface area contributed by atoms with Crippen LogP contribution in [0.15, 0.2) is 56.6 Å². The minimum absolute atomic E-state index is 0.186. The number of methoxy groups -OCH3 is 2. The summed E-state index contributed by atoms with van der Waals surface area (Å²) in [6, 6.07) is 9.72. The van der Waals surface area contributed by atoms with Crippen molar-refractivity contribution >= 4 is 11.8 Å². The van der Waals surface area contributed by atoms with Crippen molar-refractivity contribution in [1.82, 2.24) is 20.3 Å². The second-order valence-corrected chi connectivity index (χ2v) is 7.24. The van der Waals surface area contributed by atoms with Crippen molar-refractivity contribution in [3.63, 3.8) is 0 Å². The summed E-state index contributed by atoms with van der Waals surface area (Å²) in [5.74, 6) is 2.08. The van der Waals surface area contributed by atoms with Crippen molar-refractivity contribution in [2.75, 3.05) is 14.2 Å². The Morgan fingerprint density at radius 1 is 0.938 bits per heavy atom. The lowest BCUT2D eigenvalue weighted by Gasteiger charge is -2.07. The van der Waals surface area contributed by atoms with E-state index in [-0.39, 0.29) is 22.7 Å². The summed E-state index contributed by atoms with van der Waals surface area (Å²) in [4.78, 5) is 4.19. The van der Waals surface area contributed by atoms with E-state index in [4.69, 9.17) is 18.4 Å². The van der Waals surface area contributed by atoms with Crippen molar-refractivity contribution < 1.29 is 31.6 Å². The normalized spacial score (nSPS) is 11.5. The molecule has 2 aromatic carbocycles. The van der Waals surface area contributed by atoms with Crippen molar-refractivity contribution in [3.8, 4) is 34.3 Å². The van der Waals surface area contributed by atoms with E-state index < -0.39 is 11.7 Å². The molecule has 0 aliphatic rings. The average Bonchev–Trinajstić information content (AvgIpc) is 3.46. The lowest BCUT2D eigenvalue weighted by molar-refractivity contribution is -0.137. The van der Waals surface area contributed by atoms with E-state index >= 15 is 0 Å². The predicted molar refractivity (Wildman–Crippen MR) is 107 cm³/mol. The van der Waals surface area contributed by atoms with Crippen molar-refractivity contribution in [2.45, 2.75) is 17.2 Å². The van der Waals surface area contributed by atoms with Gasteiger partial charge in [0.25, 0.3) is 5.22 Å². The molecule has 32 heavy (non-hydrogen) atoms. The van der Waals surface area contributed by atoms with Crippen LogP contribution in [0.5, 0.6) is 11.5 Å². The zero-order valence-corrected chi connectivity index (χ0v) is 17.5. The molecule has 2 aromatic heterocycles. The summed E-state index contributed by atoms with van der Waals surface area (Å²) in [7, 11) is 3.07. The number of ether oxygens (including phenoxy) is 2. The van der Waals surface area contributed by atoms with Crippen LogP contribution in [-0.2, 0) is 11.9 Å². The number of thioether (sulfide) groups is 1. The second-order valence-electron chi connectivity index (χ2n) is 6.32. The Bertz CT molecular complexity index is 1210. The summed E-state index contributed by atoms with van der Waals surface area (Å²) >= 11 is 1.18. The Morgan fingerprint density at radius 3 is 2.34 bits per heavy atom. The lowest BCUT2D eigenvalue weighted by atomic mass is 10.1. The molecule has 0 fully saturated rings. The molecule has 0 bridgehead atoms. The van der Waals surface area contributed by atoms with Gasteiger partial charge < -0.3 is 18.4 Å². The summed E-state index contributed by atoms with van der Waals surface area (Å²) in [5, 5.41) is 12.1. The zero-order valence-electron chi connectivity index (χ0n) is 16.7. The molecule has 8 nitrogen and oxygen atoms in total. The van der Waals surface area contributed by atoms with Crippen LogP contribution in [0.25, 0.3) is 22.8 Å². The molecule has 166 valence electrons. The number of rotatable bonds is 7. The van der Waals surface area contributed by atoms with Crippen molar-refractivity contribution in [1.29, 1.82) is 0 Å². The van der Waals surface area contributed by atoms with Crippen molar-refractivity contribution in [3.05, 3.63) is 53.9 Å². The first-order valence-corrected chi connectivity index (χ1v) is 10.0. The third-order valence-electron chi connectivity index (χ3n) is 4.29. The molecule has 0 saturated heterocycles. The van der Waals surface area contributed by atoms with Gasteiger partial charge in [-0.15, -0.1) is 10.2 Å². The van der Waals surface area contributed by atoms with E-state index in [0.717, 1.165) is 12.1 Å². The minimum atomic E-state index is -4.41. The molecule has 0 spiro atoms. The third kappa shape index (κ3) is 4.69. The van der Waals surface area contributed by atoms with Crippen LogP contribution in [0.3, 0.4) is 0 Å². The van der Waals surface area contributed by atoms with E-state index in [2.05, 4.69) is 20.3 Å². The maximum absolute atomic E-state index is 12.7. The SMILES string of the molecule is COc1ccc(-c2nnc(SCc3nc(-c4ccc(C(F)(F)F)cc4)no3)o2)cc1OC. The number of hydrogen-bond donors (Lipinski definition) is 0. The number of hydrogen-bond acceptors (Lipinski definition) is 9. The number of halogens is 3. The maximum Gasteiger partial charge on any atom is 0.416 e. The van der Waals surface area contributed by atoms with Gasteiger partial charge in [0.05, 0.1) is 25.5 Å². The van der Waals surface area contributed by atoms with Gasteiger partial charge >= 0.3 is 6.18 Å². The molecule has 0 radical (unpaired) electrons. The van der Waals surface area contributed by atoms with Gasteiger partial charge in [-0.25, -0.2) is 0 Å². The Balaban J connectivity index is 1.41. The fraction of sp³-hybridized carbons (Fsp3) is 0.200. The highest BCUT2D eigenvalue weighted by Crippen LogP contribution is 2.33. The highest BCUT2D eigenvalue weighted by atomic mass is 32.2. The van der Waals surface area contributed by atoms with Gasteiger partial charge in [0.1, 0.15) is 0 Å². The number of alkyl halides is 3.